The van der Waals surface area contributed by atoms with Crippen LogP contribution in [0, 0.1) is 5.41 Å². The molecule has 0 fully saturated rings. The quantitative estimate of drug-likeness (QED) is 0.724. The fourth-order valence-electron chi connectivity index (χ4n) is 2.38. The monoisotopic (exact) mass is 310 g/mol. The van der Waals surface area contributed by atoms with Crippen LogP contribution in [0.3, 0.4) is 0 Å². The fraction of sp³-hybridized carbons (Fsp3) is 0.750. The molecule has 1 aromatic heterocycles. The standard InChI is InChI=1S/C16H30N4O2/c1-6-16(7-2,8-9-21)12-17-14(22)19-13-10-18-20(11-13)15(3,4)5/h10-11,21H,6-9,12H2,1-5H3,(H2,17,19,22). The van der Waals surface area contributed by atoms with E-state index in [1.165, 1.54) is 0 Å². The maximum atomic E-state index is 12.0. The van der Waals surface area contributed by atoms with Crippen molar-refractivity contribution in [3.05, 3.63) is 12.4 Å². The molecule has 0 bridgehead atoms. The molecule has 22 heavy (non-hydrogen) atoms. The van der Waals surface area contributed by atoms with Gasteiger partial charge in [0.25, 0.3) is 0 Å². The first-order chi connectivity index (χ1) is 10.3. The fourth-order valence-corrected chi connectivity index (χ4v) is 2.38. The lowest BCUT2D eigenvalue weighted by molar-refractivity contribution is 0.165. The number of nitrogens with one attached hydrogen (secondary N) is 2. The third-order valence-corrected chi connectivity index (χ3v) is 4.29. The highest BCUT2D eigenvalue weighted by Crippen LogP contribution is 2.29. The summed E-state index contributed by atoms with van der Waals surface area (Å²) in [6, 6.07) is -0.238. The van der Waals surface area contributed by atoms with Crippen LogP contribution in [0.5, 0.6) is 0 Å². The molecule has 0 saturated carbocycles. The maximum Gasteiger partial charge on any atom is 0.319 e. The van der Waals surface area contributed by atoms with Gasteiger partial charge in [-0.25, -0.2) is 4.79 Å². The highest BCUT2D eigenvalue weighted by atomic mass is 16.3. The Morgan fingerprint density at radius 2 is 1.95 bits per heavy atom. The van der Waals surface area contributed by atoms with E-state index in [4.69, 9.17) is 0 Å². The first kappa shape index (κ1) is 18.5. The van der Waals surface area contributed by atoms with Crippen LogP contribution in [0.4, 0.5) is 10.5 Å². The van der Waals surface area contributed by atoms with Crippen molar-refractivity contribution in [1.29, 1.82) is 0 Å². The zero-order chi connectivity index (χ0) is 16.8. The topological polar surface area (TPSA) is 79.2 Å². The molecule has 0 radical (unpaired) electrons. The third kappa shape index (κ3) is 5.02. The number of carbonyl (C=O) groups excluding carboxylic acids is 1. The van der Waals surface area contributed by atoms with Crippen molar-refractivity contribution >= 4 is 11.7 Å². The smallest absolute Gasteiger partial charge is 0.319 e. The van der Waals surface area contributed by atoms with Crippen molar-refractivity contribution < 1.29 is 9.90 Å². The minimum absolute atomic E-state index is 0.0400. The average molecular weight is 310 g/mol. The Hall–Kier alpha value is -1.56. The number of aliphatic hydroxyl groups excluding tert-OH is 1. The molecule has 1 heterocycles. The van der Waals surface area contributed by atoms with Crippen LogP contribution in [-0.4, -0.2) is 34.1 Å². The predicted octanol–water partition coefficient (Wildman–Crippen LogP) is 2.95. The van der Waals surface area contributed by atoms with Gasteiger partial charge in [-0.05, 0) is 45.4 Å². The van der Waals surface area contributed by atoms with Crippen molar-refractivity contribution in [1.82, 2.24) is 15.1 Å². The van der Waals surface area contributed by atoms with Crippen LogP contribution in [-0.2, 0) is 5.54 Å². The Balaban J connectivity index is 2.57. The summed E-state index contributed by atoms with van der Waals surface area (Å²) < 4.78 is 1.82. The molecule has 0 saturated heterocycles. The van der Waals surface area contributed by atoms with Crippen molar-refractivity contribution in [2.75, 3.05) is 18.5 Å². The number of aliphatic hydroxyl groups is 1. The first-order valence-electron chi connectivity index (χ1n) is 7.97. The lowest BCUT2D eigenvalue weighted by atomic mass is 9.79. The Kier molecular flexibility index (Phi) is 6.41. The molecule has 6 heteroatoms. The number of urea groups is 1. The maximum absolute atomic E-state index is 12.0. The van der Waals surface area contributed by atoms with E-state index in [1.807, 2.05) is 10.9 Å². The van der Waals surface area contributed by atoms with E-state index in [0.717, 1.165) is 12.8 Å². The van der Waals surface area contributed by atoms with Gasteiger partial charge in [0.1, 0.15) is 0 Å². The van der Waals surface area contributed by atoms with Crippen LogP contribution in [0.15, 0.2) is 12.4 Å². The second kappa shape index (κ2) is 7.63. The van der Waals surface area contributed by atoms with Gasteiger partial charge in [0.05, 0.1) is 17.4 Å². The molecule has 0 aliphatic carbocycles. The van der Waals surface area contributed by atoms with Gasteiger partial charge in [0.2, 0.25) is 0 Å². The summed E-state index contributed by atoms with van der Waals surface area (Å²) in [5.74, 6) is 0. The van der Waals surface area contributed by atoms with E-state index >= 15 is 0 Å². The molecule has 0 unspecified atom stereocenters. The van der Waals surface area contributed by atoms with Gasteiger partial charge < -0.3 is 15.7 Å². The van der Waals surface area contributed by atoms with E-state index in [2.05, 4.69) is 50.4 Å². The number of amides is 2. The van der Waals surface area contributed by atoms with E-state index in [1.54, 1.807) is 6.20 Å². The summed E-state index contributed by atoms with van der Waals surface area (Å²) in [4.78, 5) is 12.0. The highest BCUT2D eigenvalue weighted by molar-refractivity contribution is 5.88. The molecule has 1 aromatic rings. The summed E-state index contributed by atoms with van der Waals surface area (Å²) in [6.07, 6.45) is 6.01. The number of rotatable bonds is 7. The highest BCUT2D eigenvalue weighted by Gasteiger charge is 2.26. The number of carbonyl (C=O) groups is 1. The van der Waals surface area contributed by atoms with Gasteiger partial charge in [-0.15, -0.1) is 0 Å². The van der Waals surface area contributed by atoms with E-state index in [0.29, 0.717) is 18.7 Å². The van der Waals surface area contributed by atoms with Gasteiger partial charge in [-0.2, -0.15) is 5.10 Å². The largest absolute Gasteiger partial charge is 0.396 e. The number of anilines is 1. The normalized spacial score (nSPS) is 12.3. The van der Waals surface area contributed by atoms with Crippen molar-refractivity contribution in [3.8, 4) is 0 Å². The Labute approximate surface area is 133 Å². The van der Waals surface area contributed by atoms with Crippen molar-refractivity contribution in [2.24, 2.45) is 5.41 Å². The van der Waals surface area contributed by atoms with Gasteiger partial charge >= 0.3 is 6.03 Å². The van der Waals surface area contributed by atoms with E-state index < -0.39 is 0 Å². The van der Waals surface area contributed by atoms with Gasteiger partial charge in [-0.1, -0.05) is 13.8 Å². The lowest BCUT2D eigenvalue weighted by Gasteiger charge is -2.31. The lowest BCUT2D eigenvalue weighted by Crippen LogP contribution is -2.39. The summed E-state index contributed by atoms with van der Waals surface area (Å²) in [7, 11) is 0. The average Bonchev–Trinajstić information content (AvgIpc) is 2.92. The minimum atomic E-state index is -0.238. The van der Waals surface area contributed by atoms with Crippen LogP contribution in [0.2, 0.25) is 0 Å². The Morgan fingerprint density at radius 3 is 2.41 bits per heavy atom. The molecular weight excluding hydrogens is 280 g/mol. The molecule has 0 atom stereocenters. The second-order valence-corrected chi connectivity index (χ2v) is 6.83. The molecule has 0 aliphatic heterocycles. The number of hydrogen-bond acceptors (Lipinski definition) is 3. The SMILES string of the molecule is CCC(CC)(CCO)CNC(=O)Nc1cnn(C(C)(C)C)c1. The van der Waals surface area contributed by atoms with Crippen LogP contribution >= 0.6 is 0 Å². The zero-order valence-corrected chi connectivity index (χ0v) is 14.4. The zero-order valence-electron chi connectivity index (χ0n) is 14.4. The minimum Gasteiger partial charge on any atom is -0.396 e. The second-order valence-electron chi connectivity index (χ2n) is 6.83. The van der Waals surface area contributed by atoms with E-state index in [9.17, 15) is 9.90 Å². The Morgan fingerprint density at radius 1 is 1.32 bits per heavy atom. The number of aromatic nitrogens is 2. The Bertz CT molecular complexity index is 473. The van der Waals surface area contributed by atoms with Gasteiger partial charge in [0.15, 0.2) is 0 Å². The van der Waals surface area contributed by atoms with Crippen LogP contribution in [0.25, 0.3) is 0 Å². The molecule has 6 nitrogen and oxygen atoms in total. The first-order valence-corrected chi connectivity index (χ1v) is 7.97. The van der Waals surface area contributed by atoms with E-state index in [-0.39, 0.29) is 23.6 Å². The van der Waals surface area contributed by atoms with Gasteiger partial charge in [0, 0.05) is 19.3 Å². The van der Waals surface area contributed by atoms with Crippen LogP contribution in [0.1, 0.15) is 53.9 Å². The summed E-state index contributed by atoms with van der Waals surface area (Å²) in [5.41, 5.74) is 0.520. The summed E-state index contributed by atoms with van der Waals surface area (Å²) >= 11 is 0. The molecule has 0 spiro atoms. The molecule has 1 rings (SSSR count). The number of nitrogens with zero attached hydrogens (tertiary/aromatic N) is 2. The molecule has 2 amide bonds. The molecule has 0 aliphatic rings. The van der Waals surface area contributed by atoms with Crippen molar-refractivity contribution in [3.63, 3.8) is 0 Å². The molecular formula is C16H30N4O2. The van der Waals surface area contributed by atoms with Crippen molar-refractivity contribution in [2.45, 2.75) is 59.4 Å². The molecule has 126 valence electrons. The number of hydrogen-bond donors (Lipinski definition) is 3. The molecule has 0 aromatic carbocycles. The summed E-state index contributed by atoms with van der Waals surface area (Å²) in [6.45, 7) is 11.0. The van der Waals surface area contributed by atoms with Gasteiger partial charge in [-0.3, -0.25) is 4.68 Å². The third-order valence-electron chi connectivity index (χ3n) is 4.29. The summed E-state index contributed by atoms with van der Waals surface area (Å²) in [5, 5.41) is 19.2. The molecule has 3 N–H and O–H groups in total. The predicted molar refractivity (Wildman–Crippen MR) is 89.0 cm³/mol. The van der Waals surface area contributed by atoms with Crippen LogP contribution < -0.4 is 10.6 Å².